The van der Waals surface area contributed by atoms with Gasteiger partial charge in [0.2, 0.25) is 0 Å². The lowest BCUT2D eigenvalue weighted by Crippen LogP contribution is -2.12. The first-order chi connectivity index (χ1) is 3.79. The molecule has 0 fully saturated rings. The molecule has 1 aliphatic rings. The maximum Gasteiger partial charge on any atom is 0.0354 e. The smallest absolute Gasteiger partial charge is 0.0354 e. The molecule has 0 radical (unpaired) electrons. The van der Waals surface area contributed by atoms with E-state index in [1.165, 1.54) is 0 Å². The molecule has 44 valence electrons. The van der Waals surface area contributed by atoms with Gasteiger partial charge < -0.3 is 4.90 Å². The number of halogens is 1. The number of rotatable bonds is 0. The van der Waals surface area contributed by atoms with E-state index in [2.05, 4.69) is 39.2 Å². The lowest BCUT2D eigenvalue weighted by molar-refractivity contribution is 0.504. The van der Waals surface area contributed by atoms with E-state index in [0.717, 1.165) is 11.0 Å². The van der Waals surface area contributed by atoms with Crippen LogP contribution in [0.2, 0.25) is 0 Å². The minimum absolute atomic E-state index is 1.02. The van der Waals surface area contributed by atoms with E-state index < -0.39 is 0 Å². The molecule has 8 heavy (non-hydrogen) atoms. The van der Waals surface area contributed by atoms with Gasteiger partial charge in [0.25, 0.3) is 0 Å². The Kier molecular flexibility index (Phi) is 1.73. The molecular formula is C6H8BrN. The summed E-state index contributed by atoms with van der Waals surface area (Å²) < 4.78 is 1.14. The maximum absolute atomic E-state index is 3.36. The molecule has 0 saturated heterocycles. The zero-order chi connectivity index (χ0) is 5.98. The molecule has 1 nitrogen and oxygen atoms in total. The van der Waals surface area contributed by atoms with Gasteiger partial charge in [-0.25, -0.2) is 0 Å². The molecule has 0 aromatic rings. The van der Waals surface area contributed by atoms with Crippen molar-refractivity contribution >= 4 is 15.9 Å². The Morgan fingerprint density at radius 3 is 2.88 bits per heavy atom. The van der Waals surface area contributed by atoms with Crippen molar-refractivity contribution in [2.75, 3.05) is 13.6 Å². The van der Waals surface area contributed by atoms with Gasteiger partial charge in [0.1, 0.15) is 0 Å². The molecular weight excluding hydrogens is 166 g/mol. The minimum Gasteiger partial charge on any atom is -0.376 e. The third-order valence-electron chi connectivity index (χ3n) is 1.01. The van der Waals surface area contributed by atoms with E-state index in [-0.39, 0.29) is 0 Å². The predicted octanol–water partition coefficient (Wildman–Crippen LogP) is 1.72. The van der Waals surface area contributed by atoms with Gasteiger partial charge in [0.05, 0.1) is 0 Å². The van der Waals surface area contributed by atoms with Crippen LogP contribution in [0.25, 0.3) is 0 Å². The van der Waals surface area contributed by atoms with Crippen molar-refractivity contribution in [2.24, 2.45) is 0 Å². The fraction of sp³-hybridized carbons (Fsp3) is 0.333. The molecule has 0 atom stereocenters. The molecule has 1 heterocycles. The molecule has 0 aromatic heterocycles. The quantitative estimate of drug-likeness (QED) is 0.540. The summed E-state index contributed by atoms with van der Waals surface area (Å²) in [6.07, 6.45) is 6.23. The van der Waals surface area contributed by atoms with Gasteiger partial charge in [-0.2, -0.15) is 0 Å². The highest BCUT2D eigenvalue weighted by Gasteiger charge is 1.94. The summed E-state index contributed by atoms with van der Waals surface area (Å²) >= 11 is 3.36. The van der Waals surface area contributed by atoms with Crippen LogP contribution >= 0.6 is 15.9 Å². The molecule has 0 amide bonds. The molecule has 0 aromatic carbocycles. The van der Waals surface area contributed by atoms with Crippen LogP contribution in [0.3, 0.4) is 0 Å². The van der Waals surface area contributed by atoms with Crippen LogP contribution in [-0.4, -0.2) is 18.5 Å². The third-order valence-corrected chi connectivity index (χ3v) is 1.48. The summed E-state index contributed by atoms with van der Waals surface area (Å²) in [5, 5.41) is 0. The zero-order valence-electron chi connectivity index (χ0n) is 4.76. The van der Waals surface area contributed by atoms with Crippen LogP contribution < -0.4 is 0 Å². The van der Waals surface area contributed by atoms with Crippen LogP contribution in [0.15, 0.2) is 22.8 Å². The number of allylic oxidation sites excluding steroid dienone is 2. The number of nitrogens with zero attached hydrogens (tertiary/aromatic N) is 1. The Morgan fingerprint density at radius 1 is 1.75 bits per heavy atom. The van der Waals surface area contributed by atoms with Crippen molar-refractivity contribution < 1.29 is 0 Å². The largest absolute Gasteiger partial charge is 0.376 e. The van der Waals surface area contributed by atoms with E-state index in [0.29, 0.717) is 0 Å². The Labute approximate surface area is 57.8 Å². The van der Waals surface area contributed by atoms with E-state index in [1.807, 2.05) is 7.05 Å². The average molecular weight is 174 g/mol. The summed E-state index contributed by atoms with van der Waals surface area (Å²) in [5.41, 5.74) is 0. The molecule has 0 saturated carbocycles. The fourth-order valence-corrected chi connectivity index (χ4v) is 1.17. The van der Waals surface area contributed by atoms with Gasteiger partial charge in [-0.15, -0.1) is 0 Å². The lowest BCUT2D eigenvalue weighted by atomic mass is 10.4. The average Bonchev–Trinajstić information content (AvgIpc) is 1.64. The molecule has 0 N–H and O–H groups in total. The molecule has 2 heteroatoms. The molecule has 0 aliphatic carbocycles. The first kappa shape index (κ1) is 5.89. The molecule has 1 rings (SSSR count). The predicted molar refractivity (Wildman–Crippen MR) is 38.8 cm³/mol. The summed E-state index contributed by atoms with van der Waals surface area (Å²) in [7, 11) is 2.05. The highest BCUT2D eigenvalue weighted by Crippen LogP contribution is 2.10. The van der Waals surface area contributed by atoms with Gasteiger partial charge in [0.15, 0.2) is 0 Å². The third kappa shape index (κ3) is 1.37. The molecule has 1 aliphatic heterocycles. The van der Waals surface area contributed by atoms with Gasteiger partial charge in [-0.3, -0.25) is 0 Å². The fourth-order valence-electron chi connectivity index (χ4n) is 0.638. The summed E-state index contributed by atoms with van der Waals surface area (Å²) in [6, 6.07) is 0. The van der Waals surface area contributed by atoms with Crippen LogP contribution in [-0.2, 0) is 0 Å². The van der Waals surface area contributed by atoms with Crippen molar-refractivity contribution in [3.8, 4) is 0 Å². The van der Waals surface area contributed by atoms with Crippen molar-refractivity contribution in [3.63, 3.8) is 0 Å². The van der Waals surface area contributed by atoms with Gasteiger partial charge in [-0.05, 0) is 22.0 Å². The van der Waals surface area contributed by atoms with Gasteiger partial charge in [-0.1, -0.05) is 6.08 Å². The van der Waals surface area contributed by atoms with Crippen LogP contribution in [0, 0.1) is 0 Å². The normalized spacial score (nSPS) is 18.8. The van der Waals surface area contributed by atoms with E-state index in [4.69, 9.17) is 0 Å². The number of hydrogen-bond donors (Lipinski definition) is 0. The Balaban J connectivity index is 2.63. The van der Waals surface area contributed by atoms with Gasteiger partial charge in [0, 0.05) is 24.3 Å². The van der Waals surface area contributed by atoms with Crippen molar-refractivity contribution in [3.05, 3.63) is 22.8 Å². The van der Waals surface area contributed by atoms with Crippen molar-refractivity contribution in [2.45, 2.75) is 0 Å². The first-order valence-electron chi connectivity index (χ1n) is 2.53. The monoisotopic (exact) mass is 173 g/mol. The second-order valence-corrected chi connectivity index (χ2v) is 2.77. The Bertz CT molecular complexity index is 137. The Hall–Kier alpha value is -0.240. The van der Waals surface area contributed by atoms with E-state index >= 15 is 0 Å². The summed E-state index contributed by atoms with van der Waals surface area (Å²) in [4.78, 5) is 2.12. The second kappa shape index (κ2) is 2.35. The van der Waals surface area contributed by atoms with Crippen LogP contribution in [0.5, 0.6) is 0 Å². The Morgan fingerprint density at radius 2 is 2.50 bits per heavy atom. The SMILES string of the molecule is CN1C=C(Br)C=CC1. The van der Waals surface area contributed by atoms with Crippen LogP contribution in [0.4, 0.5) is 0 Å². The first-order valence-corrected chi connectivity index (χ1v) is 3.32. The maximum atomic E-state index is 3.36. The van der Waals surface area contributed by atoms with Gasteiger partial charge >= 0.3 is 0 Å². The van der Waals surface area contributed by atoms with E-state index in [9.17, 15) is 0 Å². The standard InChI is InChI=1S/C6H8BrN/c1-8-4-2-3-6(7)5-8/h2-3,5H,4H2,1H3. The number of likely N-dealkylation sites (N-methyl/N-ethyl adjacent to an activating group) is 1. The highest BCUT2D eigenvalue weighted by atomic mass is 79.9. The lowest BCUT2D eigenvalue weighted by Gasteiger charge is -2.14. The molecule has 0 bridgehead atoms. The summed E-state index contributed by atoms with van der Waals surface area (Å²) in [5.74, 6) is 0. The summed E-state index contributed by atoms with van der Waals surface area (Å²) in [6.45, 7) is 1.02. The minimum atomic E-state index is 1.02. The number of hydrogen-bond acceptors (Lipinski definition) is 1. The molecule has 0 spiro atoms. The van der Waals surface area contributed by atoms with Crippen molar-refractivity contribution in [1.82, 2.24) is 4.90 Å². The topological polar surface area (TPSA) is 3.24 Å². The second-order valence-electron chi connectivity index (χ2n) is 1.86. The van der Waals surface area contributed by atoms with Crippen molar-refractivity contribution in [1.29, 1.82) is 0 Å². The highest BCUT2D eigenvalue weighted by molar-refractivity contribution is 9.11. The van der Waals surface area contributed by atoms with Crippen LogP contribution in [0.1, 0.15) is 0 Å². The zero-order valence-corrected chi connectivity index (χ0v) is 6.35. The molecule has 0 unspecified atom stereocenters. The van der Waals surface area contributed by atoms with E-state index in [1.54, 1.807) is 0 Å².